The summed E-state index contributed by atoms with van der Waals surface area (Å²) >= 11 is 0. The van der Waals surface area contributed by atoms with E-state index in [4.69, 9.17) is 15.2 Å². The van der Waals surface area contributed by atoms with Crippen LogP contribution in [0.4, 0.5) is 0 Å². The molecule has 0 spiro atoms. The van der Waals surface area contributed by atoms with Crippen LogP contribution in [-0.4, -0.2) is 32.3 Å². The van der Waals surface area contributed by atoms with Gasteiger partial charge in [-0.3, -0.25) is 4.79 Å². The summed E-state index contributed by atoms with van der Waals surface area (Å²) in [6.45, 7) is 3.15. The van der Waals surface area contributed by atoms with Gasteiger partial charge in [0.25, 0.3) is 5.91 Å². The molecule has 0 heterocycles. The quantitative estimate of drug-likeness (QED) is 0.788. The second kappa shape index (κ2) is 9.61. The van der Waals surface area contributed by atoms with Crippen molar-refractivity contribution >= 4 is 18.3 Å². The maximum absolute atomic E-state index is 11.6. The van der Waals surface area contributed by atoms with E-state index in [9.17, 15) is 4.79 Å². The molecule has 0 bridgehead atoms. The van der Waals surface area contributed by atoms with E-state index in [1.807, 2.05) is 31.2 Å². The van der Waals surface area contributed by atoms with Crippen LogP contribution in [0.1, 0.15) is 12.5 Å². The van der Waals surface area contributed by atoms with Gasteiger partial charge in [0, 0.05) is 20.2 Å². The predicted molar refractivity (Wildman–Crippen MR) is 76.6 cm³/mol. The highest BCUT2D eigenvalue weighted by Crippen LogP contribution is 2.12. The van der Waals surface area contributed by atoms with Gasteiger partial charge in [0.15, 0.2) is 0 Å². The van der Waals surface area contributed by atoms with Gasteiger partial charge in [-0.25, -0.2) is 0 Å². The van der Waals surface area contributed by atoms with E-state index in [0.717, 1.165) is 11.3 Å². The Morgan fingerprint density at radius 2 is 2.21 bits per heavy atom. The number of halogens is 1. The third-order valence-corrected chi connectivity index (χ3v) is 2.47. The maximum atomic E-state index is 11.6. The first-order chi connectivity index (χ1) is 8.71. The van der Waals surface area contributed by atoms with E-state index >= 15 is 0 Å². The average Bonchev–Trinajstić information content (AvgIpc) is 2.39. The number of nitrogens with two attached hydrogens (primary N) is 1. The molecule has 5 nitrogen and oxygen atoms in total. The van der Waals surface area contributed by atoms with Gasteiger partial charge in [-0.05, 0) is 24.6 Å². The fraction of sp³-hybridized carbons (Fsp3) is 0.462. The lowest BCUT2D eigenvalue weighted by molar-refractivity contribution is -0.130. The minimum Gasteiger partial charge on any atom is -0.494 e. The van der Waals surface area contributed by atoms with E-state index in [1.165, 1.54) is 7.11 Å². The summed E-state index contributed by atoms with van der Waals surface area (Å²) in [7, 11) is 1.47. The molecule has 1 atom stereocenters. The molecule has 0 aromatic heterocycles. The second-order valence-electron chi connectivity index (χ2n) is 3.76. The van der Waals surface area contributed by atoms with Gasteiger partial charge in [-0.1, -0.05) is 12.1 Å². The summed E-state index contributed by atoms with van der Waals surface area (Å²) in [6, 6.07) is 7.59. The molecule has 0 fully saturated rings. The first-order valence-electron chi connectivity index (χ1n) is 5.93. The van der Waals surface area contributed by atoms with Gasteiger partial charge in [0.05, 0.1) is 6.61 Å². The van der Waals surface area contributed by atoms with Gasteiger partial charge < -0.3 is 20.5 Å². The molecule has 1 amide bonds. The Labute approximate surface area is 119 Å². The number of hydrogen-bond donors (Lipinski definition) is 2. The molecule has 0 aliphatic heterocycles. The topological polar surface area (TPSA) is 73.6 Å². The Kier molecular flexibility index (Phi) is 8.95. The molecule has 108 valence electrons. The van der Waals surface area contributed by atoms with Gasteiger partial charge in [0.1, 0.15) is 11.9 Å². The molecule has 3 N–H and O–H groups in total. The third-order valence-electron chi connectivity index (χ3n) is 2.47. The highest BCUT2D eigenvalue weighted by Gasteiger charge is 2.14. The number of nitrogens with one attached hydrogen (secondary N) is 1. The summed E-state index contributed by atoms with van der Waals surface area (Å²) in [5, 5.41) is 2.77. The van der Waals surface area contributed by atoms with Crippen LogP contribution in [-0.2, 0) is 16.1 Å². The fourth-order valence-corrected chi connectivity index (χ4v) is 1.53. The van der Waals surface area contributed by atoms with Crippen molar-refractivity contribution in [3.05, 3.63) is 29.8 Å². The molecule has 0 radical (unpaired) electrons. The Morgan fingerprint density at radius 1 is 1.47 bits per heavy atom. The van der Waals surface area contributed by atoms with E-state index in [0.29, 0.717) is 13.2 Å². The van der Waals surface area contributed by atoms with Crippen LogP contribution >= 0.6 is 12.4 Å². The van der Waals surface area contributed by atoms with Gasteiger partial charge in [-0.15, -0.1) is 12.4 Å². The summed E-state index contributed by atoms with van der Waals surface area (Å²) in [4.78, 5) is 11.6. The fourth-order valence-electron chi connectivity index (χ4n) is 1.53. The number of rotatable bonds is 7. The van der Waals surface area contributed by atoms with Gasteiger partial charge >= 0.3 is 0 Å². The van der Waals surface area contributed by atoms with E-state index in [-0.39, 0.29) is 24.9 Å². The highest BCUT2D eigenvalue weighted by molar-refractivity contribution is 5.85. The van der Waals surface area contributed by atoms with E-state index in [2.05, 4.69) is 5.32 Å². The number of amides is 1. The number of hydrogen-bond acceptors (Lipinski definition) is 4. The largest absolute Gasteiger partial charge is 0.494 e. The molecule has 1 unspecified atom stereocenters. The van der Waals surface area contributed by atoms with Crippen molar-refractivity contribution in [3.8, 4) is 5.75 Å². The Hall–Kier alpha value is -1.30. The smallest absolute Gasteiger partial charge is 0.250 e. The van der Waals surface area contributed by atoms with Crippen molar-refractivity contribution in [3.63, 3.8) is 0 Å². The SMILES string of the molecule is CCOc1cccc(CNC(=O)C(CN)OC)c1.Cl. The Balaban J connectivity index is 0.00000324. The third kappa shape index (κ3) is 5.92. The zero-order valence-corrected chi connectivity index (χ0v) is 12.0. The number of carbonyl (C=O) groups is 1. The zero-order chi connectivity index (χ0) is 13.4. The van der Waals surface area contributed by atoms with Gasteiger partial charge in [0.2, 0.25) is 0 Å². The lowest BCUT2D eigenvalue weighted by Crippen LogP contribution is -2.40. The Morgan fingerprint density at radius 3 is 2.79 bits per heavy atom. The van der Waals surface area contributed by atoms with Crippen molar-refractivity contribution in [1.29, 1.82) is 0 Å². The van der Waals surface area contributed by atoms with Crippen LogP contribution in [0.3, 0.4) is 0 Å². The molecule has 0 aliphatic carbocycles. The predicted octanol–water partition coefficient (Wildman–Crippen LogP) is 1.10. The monoisotopic (exact) mass is 288 g/mol. The number of ether oxygens (including phenoxy) is 2. The summed E-state index contributed by atoms with van der Waals surface area (Å²) < 4.78 is 10.3. The molecular formula is C13H21ClN2O3. The van der Waals surface area contributed by atoms with Crippen molar-refractivity contribution in [2.24, 2.45) is 5.73 Å². The lowest BCUT2D eigenvalue weighted by atomic mass is 10.2. The highest BCUT2D eigenvalue weighted by atomic mass is 35.5. The van der Waals surface area contributed by atoms with Gasteiger partial charge in [-0.2, -0.15) is 0 Å². The summed E-state index contributed by atoms with van der Waals surface area (Å²) in [5.74, 6) is 0.591. The molecule has 6 heteroatoms. The molecule has 0 saturated heterocycles. The molecule has 1 aromatic rings. The van der Waals surface area contributed by atoms with Crippen molar-refractivity contribution in [2.75, 3.05) is 20.3 Å². The number of carbonyl (C=O) groups excluding carboxylic acids is 1. The first kappa shape index (κ1) is 17.7. The summed E-state index contributed by atoms with van der Waals surface area (Å²) in [5.41, 5.74) is 6.38. The van der Waals surface area contributed by atoms with E-state index < -0.39 is 6.10 Å². The van der Waals surface area contributed by atoms with Crippen molar-refractivity contribution < 1.29 is 14.3 Å². The van der Waals surface area contributed by atoms with Crippen LogP contribution < -0.4 is 15.8 Å². The summed E-state index contributed by atoms with van der Waals surface area (Å²) in [6.07, 6.45) is -0.597. The molecular weight excluding hydrogens is 268 g/mol. The molecule has 0 saturated carbocycles. The maximum Gasteiger partial charge on any atom is 0.250 e. The molecule has 19 heavy (non-hydrogen) atoms. The molecule has 1 rings (SSSR count). The van der Waals surface area contributed by atoms with Crippen LogP contribution in [0, 0.1) is 0 Å². The lowest BCUT2D eigenvalue weighted by Gasteiger charge is -2.13. The number of benzene rings is 1. The second-order valence-corrected chi connectivity index (χ2v) is 3.76. The van der Waals surface area contributed by atoms with Crippen LogP contribution in [0.15, 0.2) is 24.3 Å². The average molecular weight is 289 g/mol. The minimum absolute atomic E-state index is 0. The van der Waals surface area contributed by atoms with Crippen molar-refractivity contribution in [2.45, 2.75) is 19.6 Å². The normalized spacial score (nSPS) is 11.3. The number of methoxy groups -OCH3 is 1. The van der Waals surface area contributed by atoms with Crippen LogP contribution in [0.25, 0.3) is 0 Å². The first-order valence-corrected chi connectivity index (χ1v) is 5.93. The van der Waals surface area contributed by atoms with Crippen molar-refractivity contribution in [1.82, 2.24) is 5.32 Å². The van der Waals surface area contributed by atoms with Crippen LogP contribution in [0.5, 0.6) is 5.75 Å². The standard InChI is InChI=1S/C13H20N2O3.ClH/c1-3-18-11-6-4-5-10(7-11)9-15-13(16)12(8-14)17-2;/h4-7,12H,3,8-9,14H2,1-2H3,(H,15,16);1H. The minimum atomic E-state index is -0.597. The molecule has 1 aromatic carbocycles. The molecule has 0 aliphatic rings. The van der Waals surface area contributed by atoms with E-state index in [1.54, 1.807) is 0 Å². The Bertz CT molecular complexity index is 384. The van der Waals surface area contributed by atoms with Crippen LogP contribution in [0.2, 0.25) is 0 Å². The zero-order valence-electron chi connectivity index (χ0n) is 11.2.